The minimum absolute atomic E-state index is 0.230. The highest BCUT2D eigenvalue weighted by atomic mass is 16.5. The first kappa shape index (κ1) is 17.5. The van der Waals surface area contributed by atoms with Crippen molar-refractivity contribution in [3.05, 3.63) is 84.2 Å². The smallest absolute Gasteiger partial charge is 0.256 e. The number of nitrogens with one attached hydrogen (secondary N) is 1. The lowest BCUT2D eigenvalue weighted by Gasteiger charge is -2.10. The Morgan fingerprint density at radius 1 is 0.964 bits per heavy atom. The Hall–Kier alpha value is -3.93. The topological polar surface area (TPSA) is 90.1 Å². The zero-order valence-electron chi connectivity index (χ0n) is 15.2. The molecule has 0 spiro atoms. The molecular formula is C22H18N4O2. The number of ether oxygens (including phenoxy) is 1. The molecule has 6 nitrogen and oxygen atoms in total. The number of nitrogens with two attached hydrogens (primary N) is 1. The van der Waals surface area contributed by atoms with E-state index in [9.17, 15) is 4.79 Å². The summed E-state index contributed by atoms with van der Waals surface area (Å²) >= 11 is 0. The average Bonchev–Trinajstić information content (AvgIpc) is 2.69. The van der Waals surface area contributed by atoms with Crippen LogP contribution in [0.15, 0.2) is 73.1 Å². The lowest BCUT2D eigenvalue weighted by Crippen LogP contribution is -2.12. The first-order valence-electron chi connectivity index (χ1n) is 8.75. The summed E-state index contributed by atoms with van der Waals surface area (Å²) in [5.74, 6) is 1.55. The van der Waals surface area contributed by atoms with E-state index in [1.165, 1.54) is 0 Å². The number of rotatable bonds is 4. The number of anilines is 2. The SMILES string of the molecule is Cc1ccnc(NC(=O)c2ccc(Oc3ccnc4ccc(N)cc34)cc2)c1. The number of hydrogen-bond acceptors (Lipinski definition) is 5. The number of benzene rings is 2. The molecule has 1 amide bonds. The van der Waals surface area contributed by atoms with Gasteiger partial charge >= 0.3 is 0 Å². The highest BCUT2D eigenvalue weighted by molar-refractivity contribution is 6.03. The van der Waals surface area contributed by atoms with E-state index >= 15 is 0 Å². The van der Waals surface area contributed by atoms with Crippen molar-refractivity contribution in [2.24, 2.45) is 0 Å². The fourth-order valence-corrected chi connectivity index (χ4v) is 2.82. The quantitative estimate of drug-likeness (QED) is 0.514. The molecule has 138 valence electrons. The summed E-state index contributed by atoms with van der Waals surface area (Å²) in [6.45, 7) is 1.94. The number of aryl methyl sites for hydroxylation is 1. The van der Waals surface area contributed by atoms with Crippen molar-refractivity contribution in [3.63, 3.8) is 0 Å². The Labute approximate surface area is 162 Å². The van der Waals surface area contributed by atoms with Gasteiger partial charge in [-0.25, -0.2) is 4.98 Å². The Kier molecular flexibility index (Phi) is 4.60. The molecule has 0 saturated heterocycles. The molecule has 28 heavy (non-hydrogen) atoms. The molecule has 2 aromatic heterocycles. The molecule has 0 atom stereocenters. The van der Waals surface area contributed by atoms with Crippen LogP contribution >= 0.6 is 0 Å². The maximum absolute atomic E-state index is 12.4. The van der Waals surface area contributed by atoms with Gasteiger partial charge < -0.3 is 15.8 Å². The van der Waals surface area contributed by atoms with Gasteiger partial charge in [0.2, 0.25) is 0 Å². The van der Waals surface area contributed by atoms with Gasteiger partial charge in [0.15, 0.2) is 0 Å². The Bertz CT molecular complexity index is 1160. The fraction of sp³-hybridized carbons (Fsp3) is 0.0455. The number of nitrogens with zero attached hydrogens (tertiary/aromatic N) is 2. The van der Waals surface area contributed by atoms with E-state index in [4.69, 9.17) is 10.5 Å². The van der Waals surface area contributed by atoms with Crippen LogP contribution in [-0.4, -0.2) is 15.9 Å². The molecule has 0 aliphatic heterocycles. The van der Waals surface area contributed by atoms with Crippen LogP contribution < -0.4 is 15.8 Å². The number of fused-ring (bicyclic) bond motifs is 1. The number of pyridine rings is 2. The predicted molar refractivity (Wildman–Crippen MR) is 110 cm³/mol. The van der Waals surface area contributed by atoms with E-state index in [0.717, 1.165) is 16.5 Å². The average molecular weight is 370 g/mol. The molecular weight excluding hydrogens is 352 g/mol. The lowest BCUT2D eigenvalue weighted by atomic mass is 10.2. The minimum atomic E-state index is -0.230. The monoisotopic (exact) mass is 370 g/mol. The zero-order valence-corrected chi connectivity index (χ0v) is 15.2. The minimum Gasteiger partial charge on any atom is -0.457 e. The van der Waals surface area contributed by atoms with E-state index in [1.54, 1.807) is 48.8 Å². The predicted octanol–water partition coefficient (Wildman–Crippen LogP) is 4.57. The molecule has 0 fully saturated rings. The fourth-order valence-electron chi connectivity index (χ4n) is 2.82. The number of carbonyl (C=O) groups excluding carboxylic acids is 1. The second-order valence-corrected chi connectivity index (χ2v) is 6.38. The maximum Gasteiger partial charge on any atom is 0.256 e. The third-order valence-corrected chi connectivity index (χ3v) is 4.23. The van der Waals surface area contributed by atoms with Gasteiger partial charge in [0.1, 0.15) is 17.3 Å². The first-order valence-corrected chi connectivity index (χ1v) is 8.75. The van der Waals surface area contributed by atoms with Gasteiger partial charge in [-0.1, -0.05) is 0 Å². The van der Waals surface area contributed by atoms with Crippen LogP contribution in [0.4, 0.5) is 11.5 Å². The van der Waals surface area contributed by atoms with Crippen LogP contribution in [0.3, 0.4) is 0 Å². The van der Waals surface area contributed by atoms with Gasteiger partial charge in [-0.2, -0.15) is 0 Å². The molecule has 6 heteroatoms. The Morgan fingerprint density at radius 2 is 1.75 bits per heavy atom. The first-order chi connectivity index (χ1) is 13.6. The number of aromatic nitrogens is 2. The van der Waals surface area contributed by atoms with Crippen molar-refractivity contribution >= 4 is 28.3 Å². The maximum atomic E-state index is 12.4. The van der Waals surface area contributed by atoms with Crippen LogP contribution in [0.25, 0.3) is 10.9 Å². The van der Waals surface area contributed by atoms with Gasteiger partial charge in [-0.05, 0) is 73.2 Å². The van der Waals surface area contributed by atoms with Crippen molar-refractivity contribution in [1.82, 2.24) is 9.97 Å². The number of carbonyl (C=O) groups is 1. The van der Waals surface area contributed by atoms with Crippen molar-refractivity contribution in [3.8, 4) is 11.5 Å². The summed E-state index contributed by atoms with van der Waals surface area (Å²) in [5.41, 5.74) is 8.86. The summed E-state index contributed by atoms with van der Waals surface area (Å²) in [5, 5.41) is 3.61. The van der Waals surface area contributed by atoms with Crippen molar-refractivity contribution in [2.75, 3.05) is 11.1 Å². The van der Waals surface area contributed by atoms with Gasteiger partial charge in [0.25, 0.3) is 5.91 Å². The highest BCUT2D eigenvalue weighted by Gasteiger charge is 2.09. The number of nitrogen functional groups attached to an aromatic ring is 1. The standard InChI is InChI=1S/C22H18N4O2/c1-14-8-10-25-21(12-14)26-22(27)15-2-5-17(6-3-15)28-20-9-11-24-19-7-4-16(23)13-18(19)20/h2-13H,23H2,1H3,(H,25,26,27). The molecule has 0 saturated carbocycles. The molecule has 0 bridgehead atoms. The van der Waals surface area contributed by atoms with Crippen molar-refractivity contribution in [1.29, 1.82) is 0 Å². The molecule has 0 unspecified atom stereocenters. The van der Waals surface area contributed by atoms with Gasteiger partial charge in [-0.3, -0.25) is 9.78 Å². The van der Waals surface area contributed by atoms with E-state index in [0.29, 0.717) is 28.6 Å². The molecule has 4 aromatic rings. The van der Waals surface area contributed by atoms with Crippen LogP contribution in [0.2, 0.25) is 0 Å². The zero-order chi connectivity index (χ0) is 19.5. The number of hydrogen-bond donors (Lipinski definition) is 2. The largest absolute Gasteiger partial charge is 0.457 e. The van der Waals surface area contributed by atoms with Crippen LogP contribution in [-0.2, 0) is 0 Å². The van der Waals surface area contributed by atoms with E-state index in [2.05, 4.69) is 15.3 Å². The summed E-state index contributed by atoms with van der Waals surface area (Å²) in [6, 6.07) is 17.9. The molecule has 4 rings (SSSR count). The second kappa shape index (κ2) is 7.36. The van der Waals surface area contributed by atoms with Gasteiger partial charge in [-0.15, -0.1) is 0 Å². The third-order valence-electron chi connectivity index (χ3n) is 4.23. The van der Waals surface area contributed by atoms with E-state index in [1.807, 2.05) is 31.2 Å². The second-order valence-electron chi connectivity index (χ2n) is 6.38. The molecule has 0 radical (unpaired) electrons. The molecule has 0 aliphatic carbocycles. The van der Waals surface area contributed by atoms with Crippen molar-refractivity contribution < 1.29 is 9.53 Å². The summed E-state index contributed by atoms with van der Waals surface area (Å²) in [4.78, 5) is 20.8. The number of amides is 1. The van der Waals surface area contributed by atoms with Gasteiger partial charge in [0, 0.05) is 29.0 Å². The normalized spacial score (nSPS) is 10.6. The van der Waals surface area contributed by atoms with Gasteiger partial charge in [0.05, 0.1) is 5.52 Å². The molecule has 3 N–H and O–H groups in total. The Morgan fingerprint density at radius 3 is 2.54 bits per heavy atom. The summed E-state index contributed by atoms with van der Waals surface area (Å²) in [7, 11) is 0. The van der Waals surface area contributed by atoms with E-state index in [-0.39, 0.29) is 5.91 Å². The molecule has 2 heterocycles. The van der Waals surface area contributed by atoms with Crippen LogP contribution in [0, 0.1) is 6.92 Å². The summed E-state index contributed by atoms with van der Waals surface area (Å²) in [6.07, 6.45) is 3.35. The highest BCUT2D eigenvalue weighted by Crippen LogP contribution is 2.30. The van der Waals surface area contributed by atoms with Crippen LogP contribution in [0.5, 0.6) is 11.5 Å². The van der Waals surface area contributed by atoms with Crippen molar-refractivity contribution in [2.45, 2.75) is 6.92 Å². The Balaban J connectivity index is 1.52. The summed E-state index contributed by atoms with van der Waals surface area (Å²) < 4.78 is 5.98. The van der Waals surface area contributed by atoms with Crippen LogP contribution in [0.1, 0.15) is 15.9 Å². The molecule has 0 aliphatic rings. The third kappa shape index (κ3) is 3.76. The lowest BCUT2D eigenvalue weighted by molar-refractivity contribution is 0.102. The molecule has 2 aromatic carbocycles. The van der Waals surface area contributed by atoms with E-state index < -0.39 is 0 Å².